The third-order valence-corrected chi connectivity index (χ3v) is 3.14. The molecule has 1 N–H and O–H groups in total. The van der Waals surface area contributed by atoms with Crippen LogP contribution in [0.4, 0.5) is 0 Å². The second kappa shape index (κ2) is 8.74. The summed E-state index contributed by atoms with van der Waals surface area (Å²) in [5.41, 5.74) is 0. The summed E-state index contributed by atoms with van der Waals surface area (Å²) in [5.74, 6) is 0. The highest BCUT2D eigenvalue weighted by molar-refractivity contribution is 4.79. The predicted molar refractivity (Wildman–Crippen MR) is 68.8 cm³/mol. The molecule has 3 nitrogen and oxygen atoms in total. The number of methoxy groups -OCH3 is 1. The summed E-state index contributed by atoms with van der Waals surface area (Å²) in [7, 11) is 1.76. The normalized spacial score (nSPS) is 22.0. The fourth-order valence-electron chi connectivity index (χ4n) is 2.23. The number of hydrogen-bond acceptors (Lipinski definition) is 3. The van der Waals surface area contributed by atoms with Crippen LogP contribution in [0.5, 0.6) is 0 Å². The maximum Gasteiger partial charge on any atom is 0.0589 e. The van der Waals surface area contributed by atoms with Crippen LogP contribution in [0.25, 0.3) is 0 Å². The molecule has 0 aromatic heterocycles. The van der Waals surface area contributed by atoms with Gasteiger partial charge in [-0.05, 0) is 19.4 Å². The molecule has 1 unspecified atom stereocenters. The van der Waals surface area contributed by atoms with Gasteiger partial charge in [-0.25, -0.2) is 0 Å². The number of nitrogens with zero attached hydrogens (tertiary/aromatic N) is 1. The molecule has 94 valence electrons. The lowest BCUT2D eigenvalue weighted by molar-refractivity contribution is 0.147. The van der Waals surface area contributed by atoms with E-state index in [-0.39, 0.29) is 0 Å². The van der Waals surface area contributed by atoms with Gasteiger partial charge in [-0.2, -0.15) is 0 Å². The summed E-state index contributed by atoms with van der Waals surface area (Å²) < 4.78 is 5.14. The molecule has 1 rings (SSSR count). The van der Waals surface area contributed by atoms with E-state index in [0.717, 1.165) is 26.2 Å². The Morgan fingerprint density at radius 2 is 2.31 bits per heavy atom. The highest BCUT2D eigenvalue weighted by atomic mass is 16.5. The Bertz CT molecular complexity index is 177. The van der Waals surface area contributed by atoms with Crippen LogP contribution in [0.2, 0.25) is 0 Å². The van der Waals surface area contributed by atoms with Crippen molar-refractivity contribution in [2.24, 2.45) is 0 Å². The molecule has 0 aliphatic carbocycles. The molecule has 16 heavy (non-hydrogen) atoms. The highest BCUT2D eigenvalue weighted by Crippen LogP contribution is 2.09. The fraction of sp³-hybridized carbons (Fsp3) is 0.846. The Balaban J connectivity index is 2.29. The first kappa shape index (κ1) is 13.7. The molecule has 0 spiro atoms. The molecule has 0 bridgehead atoms. The molecule has 0 saturated carbocycles. The van der Waals surface area contributed by atoms with Crippen molar-refractivity contribution in [1.29, 1.82) is 0 Å². The van der Waals surface area contributed by atoms with Crippen LogP contribution in [0.3, 0.4) is 0 Å². The standard InChI is InChI=1S/C13H26N2O/c1-3-9-15(10-11-16-2)12-13-7-5-4-6-8-14-13/h3,13-14H,1,4-12H2,2H3. The number of ether oxygens (including phenoxy) is 1. The molecule has 0 amide bonds. The van der Waals surface area contributed by atoms with E-state index in [4.69, 9.17) is 4.74 Å². The Morgan fingerprint density at radius 1 is 1.44 bits per heavy atom. The van der Waals surface area contributed by atoms with E-state index in [9.17, 15) is 0 Å². The van der Waals surface area contributed by atoms with E-state index >= 15 is 0 Å². The third kappa shape index (κ3) is 5.64. The van der Waals surface area contributed by atoms with Gasteiger partial charge in [-0.3, -0.25) is 4.90 Å². The maximum atomic E-state index is 5.14. The van der Waals surface area contributed by atoms with Crippen molar-refractivity contribution in [3.63, 3.8) is 0 Å². The molecule has 1 aliphatic rings. The number of rotatable bonds is 7. The van der Waals surface area contributed by atoms with Gasteiger partial charge in [0.1, 0.15) is 0 Å². The zero-order valence-corrected chi connectivity index (χ0v) is 10.6. The van der Waals surface area contributed by atoms with Gasteiger partial charge >= 0.3 is 0 Å². The van der Waals surface area contributed by atoms with Crippen LogP contribution < -0.4 is 5.32 Å². The quantitative estimate of drug-likeness (QED) is 0.668. The first-order valence-electron chi connectivity index (χ1n) is 6.42. The van der Waals surface area contributed by atoms with E-state index in [1.54, 1.807) is 7.11 Å². The average molecular weight is 226 g/mol. The van der Waals surface area contributed by atoms with Crippen LogP contribution >= 0.6 is 0 Å². The van der Waals surface area contributed by atoms with Crippen molar-refractivity contribution in [1.82, 2.24) is 10.2 Å². The molecule has 1 saturated heterocycles. The third-order valence-electron chi connectivity index (χ3n) is 3.14. The predicted octanol–water partition coefficient (Wildman–Crippen LogP) is 1.65. The SMILES string of the molecule is C=CCN(CCOC)CC1CCCCCN1. The molecule has 3 heteroatoms. The second-order valence-corrected chi connectivity index (χ2v) is 4.54. The number of hydrogen-bond donors (Lipinski definition) is 1. The lowest BCUT2D eigenvalue weighted by Gasteiger charge is -2.26. The summed E-state index contributed by atoms with van der Waals surface area (Å²) in [4.78, 5) is 2.42. The zero-order chi connectivity index (χ0) is 11.6. The molecule has 1 atom stereocenters. The van der Waals surface area contributed by atoms with Crippen molar-refractivity contribution in [2.75, 3.05) is 39.9 Å². The minimum Gasteiger partial charge on any atom is -0.383 e. The molecule has 0 radical (unpaired) electrons. The molecular weight excluding hydrogens is 200 g/mol. The Kier molecular flexibility index (Phi) is 7.47. The van der Waals surface area contributed by atoms with E-state index < -0.39 is 0 Å². The van der Waals surface area contributed by atoms with E-state index in [0.29, 0.717) is 6.04 Å². The summed E-state index contributed by atoms with van der Waals surface area (Å²) in [6, 6.07) is 0.652. The summed E-state index contributed by atoms with van der Waals surface area (Å²) in [6.45, 7) is 8.88. The van der Waals surface area contributed by atoms with Crippen LogP contribution in [0, 0.1) is 0 Å². The van der Waals surface area contributed by atoms with E-state index in [1.165, 1.54) is 32.2 Å². The van der Waals surface area contributed by atoms with Gasteiger partial charge in [-0.15, -0.1) is 6.58 Å². The average Bonchev–Trinajstić information content (AvgIpc) is 2.55. The molecule has 0 aromatic rings. The van der Waals surface area contributed by atoms with Crippen molar-refractivity contribution in [2.45, 2.75) is 31.7 Å². The summed E-state index contributed by atoms with van der Waals surface area (Å²) >= 11 is 0. The molecule has 1 heterocycles. The van der Waals surface area contributed by atoms with Gasteiger partial charge < -0.3 is 10.1 Å². The fourth-order valence-corrected chi connectivity index (χ4v) is 2.23. The zero-order valence-electron chi connectivity index (χ0n) is 10.6. The molecular formula is C13H26N2O. The van der Waals surface area contributed by atoms with Crippen molar-refractivity contribution in [3.8, 4) is 0 Å². The Hall–Kier alpha value is -0.380. The van der Waals surface area contributed by atoms with Crippen molar-refractivity contribution >= 4 is 0 Å². The smallest absolute Gasteiger partial charge is 0.0589 e. The number of nitrogens with one attached hydrogen (secondary N) is 1. The van der Waals surface area contributed by atoms with Gasteiger partial charge in [0.25, 0.3) is 0 Å². The highest BCUT2D eigenvalue weighted by Gasteiger charge is 2.14. The van der Waals surface area contributed by atoms with E-state index in [2.05, 4.69) is 16.8 Å². The maximum absolute atomic E-state index is 5.14. The van der Waals surface area contributed by atoms with Crippen LogP contribution in [0.15, 0.2) is 12.7 Å². The van der Waals surface area contributed by atoms with Crippen molar-refractivity contribution in [3.05, 3.63) is 12.7 Å². The summed E-state index contributed by atoms with van der Waals surface area (Å²) in [5, 5.41) is 3.63. The monoisotopic (exact) mass is 226 g/mol. The van der Waals surface area contributed by atoms with Crippen LogP contribution in [-0.2, 0) is 4.74 Å². The minimum absolute atomic E-state index is 0.652. The topological polar surface area (TPSA) is 24.5 Å². The molecule has 1 fully saturated rings. The largest absolute Gasteiger partial charge is 0.383 e. The van der Waals surface area contributed by atoms with Crippen LogP contribution in [0.1, 0.15) is 25.7 Å². The lowest BCUT2D eigenvalue weighted by Crippen LogP contribution is -2.42. The van der Waals surface area contributed by atoms with Crippen molar-refractivity contribution < 1.29 is 4.74 Å². The Labute approximate surface area is 99.8 Å². The first-order valence-corrected chi connectivity index (χ1v) is 6.42. The molecule has 0 aromatic carbocycles. The Morgan fingerprint density at radius 3 is 3.06 bits per heavy atom. The van der Waals surface area contributed by atoms with E-state index in [1.807, 2.05) is 6.08 Å². The van der Waals surface area contributed by atoms with Crippen LogP contribution in [-0.4, -0.2) is 50.8 Å². The van der Waals surface area contributed by atoms with Gasteiger partial charge in [0.05, 0.1) is 6.61 Å². The molecule has 1 aliphatic heterocycles. The minimum atomic E-state index is 0.652. The lowest BCUT2D eigenvalue weighted by atomic mass is 10.1. The van der Waals surface area contributed by atoms with Gasteiger partial charge in [0.2, 0.25) is 0 Å². The van der Waals surface area contributed by atoms with Gasteiger partial charge in [-0.1, -0.05) is 18.9 Å². The first-order chi connectivity index (χ1) is 7.86. The second-order valence-electron chi connectivity index (χ2n) is 4.54. The van der Waals surface area contributed by atoms with Gasteiger partial charge in [0.15, 0.2) is 0 Å². The summed E-state index contributed by atoms with van der Waals surface area (Å²) in [6.07, 6.45) is 7.36. The van der Waals surface area contributed by atoms with Gasteiger partial charge in [0, 0.05) is 32.8 Å².